The van der Waals surface area contributed by atoms with Gasteiger partial charge in [-0.3, -0.25) is 0 Å². The molecule has 118 valence electrons. The van der Waals surface area contributed by atoms with Crippen LogP contribution in [0.5, 0.6) is 0 Å². The Balaban J connectivity index is 1.92. The van der Waals surface area contributed by atoms with Crippen molar-refractivity contribution in [3.05, 3.63) is 35.6 Å². The summed E-state index contributed by atoms with van der Waals surface area (Å²) < 4.78 is 14.0. The van der Waals surface area contributed by atoms with E-state index in [1.165, 1.54) is 32.4 Å². The van der Waals surface area contributed by atoms with E-state index in [-0.39, 0.29) is 11.9 Å². The summed E-state index contributed by atoms with van der Waals surface area (Å²) in [4.78, 5) is 2.56. The molecule has 0 radical (unpaired) electrons. The van der Waals surface area contributed by atoms with Crippen LogP contribution in [0.2, 0.25) is 0 Å². The third-order valence-electron chi connectivity index (χ3n) is 4.65. The SMILES string of the molecule is CCNC(CCN1CCCC(CC)C1)c1ccccc1F. The van der Waals surface area contributed by atoms with Crippen molar-refractivity contribution in [3.8, 4) is 0 Å². The molecule has 2 unspecified atom stereocenters. The van der Waals surface area contributed by atoms with Crippen molar-refractivity contribution in [3.63, 3.8) is 0 Å². The Morgan fingerprint density at radius 2 is 2.14 bits per heavy atom. The van der Waals surface area contributed by atoms with E-state index in [0.717, 1.165) is 31.0 Å². The molecule has 1 aliphatic heterocycles. The lowest BCUT2D eigenvalue weighted by atomic mass is 9.95. The molecule has 1 saturated heterocycles. The Morgan fingerprint density at radius 3 is 2.86 bits per heavy atom. The molecule has 21 heavy (non-hydrogen) atoms. The number of nitrogens with zero attached hydrogens (tertiary/aromatic N) is 1. The minimum atomic E-state index is -0.0893. The maximum atomic E-state index is 14.0. The Morgan fingerprint density at radius 1 is 1.33 bits per heavy atom. The van der Waals surface area contributed by atoms with E-state index in [9.17, 15) is 4.39 Å². The minimum absolute atomic E-state index is 0.0893. The molecule has 1 fully saturated rings. The van der Waals surface area contributed by atoms with Gasteiger partial charge in [-0.15, -0.1) is 0 Å². The van der Waals surface area contributed by atoms with Crippen molar-refractivity contribution in [1.82, 2.24) is 10.2 Å². The van der Waals surface area contributed by atoms with Gasteiger partial charge >= 0.3 is 0 Å². The van der Waals surface area contributed by atoms with Gasteiger partial charge in [-0.2, -0.15) is 0 Å². The summed E-state index contributed by atoms with van der Waals surface area (Å²) in [6.07, 6.45) is 4.94. The van der Waals surface area contributed by atoms with Crippen LogP contribution in [0.3, 0.4) is 0 Å². The summed E-state index contributed by atoms with van der Waals surface area (Å²) in [5, 5.41) is 3.44. The molecule has 0 aliphatic carbocycles. The lowest BCUT2D eigenvalue weighted by Gasteiger charge is -2.33. The summed E-state index contributed by atoms with van der Waals surface area (Å²) in [5.41, 5.74) is 0.809. The van der Waals surface area contributed by atoms with Gasteiger partial charge in [0.15, 0.2) is 0 Å². The first-order valence-electron chi connectivity index (χ1n) is 8.44. The van der Waals surface area contributed by atoms with Gasteiger partial charge in [0.1, 0.15) is 5.82 Å². The van der Waals surface area contributed by atoms with Gasteiger partial charge < -0.3 is 10.2 Å². The van der Waals surface area contributed by atoms with E-state index < -0.39 is 0 Å². The summed E-state index contributed by atoms with van der Waals surface area (Å²) in [5.74, 6) is 0.762. The Bertz CT molecular complexity index is 421. The monoisotopic (exact) mass is 292 g/mol. The maximum Gasteiger partial charge on any atom is 0.127 e. The minimum Gasteiger partial charge on any atom is -0.310 e. The number of hydrogen-bond donors (Lipinski definition) is 1. The predicted molar refractivity (Wildman–Crippen MR) is 86.9 cm³/mol. The van der Waals surface area contributed by atoms with E-state index in [0.29, 0.717) is 0 Å². The largest absolute Gasteiger partial charge is 0.310 e. The lowest BCUT2D eigenvalue weighted by molar-refractivity contribution is 0.164. The number of halogens is 1. The van der Waals surface area contributed by atoms with Gasteiger partial charge in [0.25, 0.3) is 0 Å². The molecule has 1 aromatic carbocycles. The number of nitrogens with one attached hydrogen (secondary N) is 1. The second kappa shape index (κ2) is 8.50. The average molecular weight is 292 g/mol. The van der Waals surface area contributed by atoms with Crippen LogP contribution >= 0.6 is 0 Å². The van der Waals surface area contributed by atoms with Crippen LogP contribution in [-0.2, 0) is 0 Å². The molecule has 0 bridgehead atoms. The van der Waals surface area contributed by atoms with E-state index >= 15 is 0 Å². The third kappa shape index (κ3) is 4.79. The molecule has 1 heterocycles. The van der Waals surface area contributed by atoms with Crippen LogP contribution in [0.1, 0.15) is 51.1 Å². The molecule has 3 heteroatoms. The fourth-order valence-electron chi connectivity index (χ4n) is 3.37. The Labute approximate surface area is 128 Å². The predicted octanol–water partition coefficient (Wildman–Crippen LogP) is 3.99. The molecule has 0 saturated carbocycles. The van der Waals surface area contributed by atoms with Gasteiger partial charge in [-0.25, -0.2) is 4.39 Å². The van der Waals surface area contributed by atoms with Crippen molar-refractivity contribution in [2.24, 2.45) is 5.92 Å². The second-order valence-corrected chi connectivity index (χ2v) is 6.14. The fraction of sp³-hybridized carbons (Fsp3) is 0.667. The second-order valence-electron chi connectivity index (χ2n) is 6.14. The van der Waals surface area contributed by atoms with Crippen molar-refractivity contribution >= 4 is 0 Å². The standard InChI is InChI=1S/C18H29FN2/c1-3-15-8-7-12-21(14-15)13-11-18(20-4-2)16-9-5-6-10-17(16)19/h5-6,9-10,15,18,20H,3-4,7-8,11-14H2,1-2H3. The van der Waals surface area contributed by atoms with Crippen molar-refractivity contribution in [1.29, 1.82) is 0 Å². The quantitative estimate of drug-likeness (QED) is 0.817. The highest BCUT2D eigenvalue weighted by atomic mass is 19.1. The molecule has 2 nitrogen and oxygen atoms in total. The van der Waals surface area contributed by atoms with Crippen LogP contribution < -0.4 is 5.32 Å². The average Bonchev–Trinajstić information content (AvgIpc) is 2.52. The number of benzene rings is 1. The van der Waals surface area contributed by atoms with Gasteiger partial charge in [-0.1, -0.05) is 38.5 Å². The van der Waals surface area contributed by atoms with E-state index in [2.05, 4.69) is 24.1 Å². The lowest BCUT2D eigenvalue weighted by Crippen LogP contribution is -2.37. The van der Waals surface area contributed by atoms with Crippen LogP contribution in [0.25, 0.3) is 0 Å². The molecule has 2 rings (SSSR count). The van der Waals surface area contributed by atoms with Crippen LogP contribution in [0.15, 0.2) is 24.3 Å². The maximum absolute atomic E-state index is 14.0. The highest BCUT2D eigenvalue weighted by Crippen LogP contribution is 2.23. The fourth-order valence-corrected chi connectivity index (χ4v) is 3.37. The Kier molecular flexibility index (Phi) is 6.65. The van der Waals surface area contributed by atoms with E-state index in [4.69, 9.17) is 0 Å². The summed E-state index contributed by atoms with van der Waals surface area (Å²) in [6.45, 7) is 8.72. The molecule has 0 amide bonds. The normalized spacial score (nSPS) is 21.4. The number of likely N-dealkylation sites (tertiary alicyclic amines) is 1. The molecule has 0 spiro atoms. The molecule has 0 aromatic heterocycles. The first kappa shape index (κ1) is 16.4. The van der Waals surface area contributed by atoms with Crippen molar-refractivity contribution in [2.45, 2.75) is 45.6 Å². The first-order chi connectivity index (χ1) is 10.2. The van der Waals surface area contributed by atoms with Crippen LogP contribution in [0.4, 0.5) is 4.39 Å². The molecule has 2 atom stereocenters. The third-order valence-corrected chi connectivity index (χ3v) is 4.65. The number of hydrogen-bond acceptors (Lipinski definition) is 2. The van der Waals surface area contributed by atoms with Gasteiger partial charge in [0.2, 0.25) is 0 Å². The van der Waals surface area contributed by atoms with Crippen molar-refractivity contribution in [2.75, 3.05) is 26.2 Å². The van der Waals surface area contributed by atoms with Gasteiger partial charge in [0, 0.05) is 18.2 Å². The first-order valence-corrected chi connectivity index (χ1v) is 8.44. The smallest absolute Gasteiger partial charge is 0.127 e. The van der Waals surface area contributed by atoms with Gasteiger partial charge in [-0.05, 0) is 50.9 Å². The zero-order valence-corrected chi connectivity index (χ0v) is 13.4. The van der Waals surface area contributed by atoms with Gasteiger partial charge in [0.05, 0.1) is 0 Å². The molecule has 1 N–H and O–H groups in total. The summed E-state index contributed by atoms with van der Waals surface area (Å²) in [7, 11) is 0. The van der Waals surface area contributed by atoms with E-state index in [1.807, 2.05) is 12.1 Å². The summed E-state index contributed by atoms with van der Waals surface area (Å²) >= 11 is 0. The molecular formula is C18H29FN2. The van der Waals surface area contributed by atoms with Crippen LogP contribution in [-0.4, -0.2) is 31.1 Å². The molecule has 1 aliphatic rings. The van der Waals surface area contributed by atoms with E-state index in [1.54, 1.807) is 12.1 Å². The molecule has 1 aromatic rings. The highest BCUT2D eigenvalue weighted by Gasteiger charge is 2.20. The zero-order valence-electron chi connectivity index (χ0n) is 13.4. The topological polar surface area (TPSA) is 15.3 Å². The zero-order chi connectivity index (χ0) is 15.1. The number of rotatable bonds is 7. The van der Waals surface area contributed by atoms with Crippen molar-refractivity contribution < 1.29 is 4.39 Å². The Hall–Kier alpha value is -0.930. The number of piperidine rings is 1. The summed E-state index contributed by atoms with van der Waals surface area (Å²) in [6, 6.07) is 7.29. The van der Waals surface area contributed by atoms with Crippen LogP contribution in [0, 0.1) is 11.7 Å². The molecular weight excluding hydrogens is 263 g/mol. The highest BCUT2D eigenvalue weighted by molar-refractivity contribution is 5.21.